The standard InChI is InChI=1S/C24H23Cl3N2O3/c1-3-31-22-11-16(13-28-21-9-6-17(25)12-19(21)26)10-20(27)24(22)32-14-23(30)29-18-7-4-15(2)5-8-18/h4-12,28H,3,13-14H2,1-2H3,(H,29,30). The van der Waals surface area contributed by atoms with E-state index >= 15 is 0 Å². The molecule has 3 rings (SSSR count). The number of amides is 1. The molecular weight excluding hydrogens is 471 g/mol. The maximum Gasteiger partial charge on any atom is 0.262 e. The summed E-state index contributed by atoms with van der Waals surface area (Å²) in [6.07, 6.45) is 0. The number of halogens is 3. The fourth-order valence-corrected chi connectivity index (χ4v) is 3.69. The first-order chi connectivity index (χ1) is 15.4. The molecule has 0 heterocycles. The Balaban J connectivity index is 1.67. The Morgan fingerprint density at radius 2 is 1.69 bits per heavy atom. The zero-order chi connectivity index (χ0) is 23.1. The van der Waals surface area contributed by atoms with Gasteiger partial charge >= 0.3 is 0 Å². The quantitative estimate of drug-likeness (QED) is 0.337. The Bertz CT molecular complexity index is 1090. The van der Waals surface area contributed by atoms with Crippen LogP contribution in [0.1, 0.15) is 18.1 Å². The van der Waals surface area contributed by atoms with E-state index in [0.29, 0.717) is 45.4 Å². The molecule has 2 N–H and O–H groups in total. The molecule has 0 fully saturated rings. The van der Waals surface area contributed by atoms with Crippen LogP contribution in [0.3, 0.4) is 0 Å². The van der Waals surface area contributed by atoms with Crippen LogP contribution < -0.4 is 20.1 Å². The van der Waals surface area contributed by atoms with Gasteiger partial charge in [0.05, 0.1) is 22.3 Å². The van der Waals surface area contributed by atoms with Crippen molar-refractivity contribution in [1.29, 1.82) is 0 Å². The van der Waals surface area contributed by atoms with Crippen molar-refractivity contribution in [2.24, 2.45) is 0 Å². The van der Waals surface area contributed by atoms with Gasteiger partial charge < -0.3 is 20.1 Å². The molecular formula is C24H23Cl3N2O3. The van der Waals surface area contributed by atoms with Gasteiger partial charge in [-0.25, -0.2) is 0 Å². The molecule has 0 unspecified atom stereocenters. The molecule has 0 aliphatic heterocycles. The highest BCUT2D eigenvalue weighted by molar-refractivity contribution is 6.36. The first-order valence-electron chi connectivity index (χ1n) is 9.99. The van der Waals surface area contributed by atoms with Gasteiger partial charge in [-0.1, -0.05) is 52.5 Å². The third-order valence-corrected chi connectivity index (χ3v) is 5.29. The molecule has 3 aromatic carbocycles. The highest BCUT2D eigenvalue weighted by Gasteiger charge is 2.15. The number of carbonyl (C=O) groups excluding carboxylic acids is 1. The number of hydrogen-bond donors (Lipinski definition) is 2. The number of nitrogens with one attached hydrogen (secondary N) is 2. The third kappa shape index (κ3) is 6.70. The van der Waals surface area contributed by atoms with Crippen LogP contribution in [0, 0.1) is 6.92 Å². The average Bonchev–Trinajstić information content (AvgIpc) is 2.74. The fourth-order valence-electron chi connectivity index (χ4n) is 2.93. The molecule has 0 aromatic heterocycles. The Labute approximate surface area is 202 Å². The molecule has 3 aromatic rings. The second-order valence-corrected chi connectivity index (χ2v) is 8.27. The van der Waals surface area contributed by atoms with E-state index < -0.39 is 0 Å². The molecule has 0 spiro atoms. The maximum atomic E-state index is 12.3. The molecule has 0 atom stereocenters. The summed E-state index contributed by atoms with van der Waals surface area (Å²) in [6, 6.07) is 16.3. The first kappa shape index (κ1) is 24.1. The molecule has 0 aliphatic carbocycles. The van der Waals surface area contributed by atoms with Gasteiger partial charge in [-0.05, 0) is 61.9 Å². The lowest BCUT2D eigenvalue weighted by Gasteiger charge is -2.16. The number of aryl methyl sites for hydroxylation is 1. The Morgan fingerprint density at radius 1 is 0.938 bits per heavy atom. The smallest absolute Gasteiger partial charge is 0.262 e. The van der Waals surface area contributed by atoms with Crippen molar-refractivity contribution in [1.82, 2.24) is 0 Å². The second kappa shape index (κ2) is 11.3. The van der Waals surface area contributed by atoms with Crippen LogP contribution in [-0.2, 0) is 11.3 Å². The van der Waals surface area contributed by atoms with E-state index in [2.05, 4.69) is 10.6 Å². The number of rotatable bonds is 9. The predicted octanol–water partition coefficient (Wildman–Crippen LogP) is 6.98. The number of hydrogen-bond acceptors (Lipinski definition) is 4. The monoisotopic (exact) mass is 492 g/mol. The lowest BCUT2D eigenvalue weighted by Crippen LogP contribution is -2.20. The van der Waals surface area contributed by atoms with Crippen molar-refractivity contribution in [3.8, 4) is 11.5 Å². The summed E-state index contributed by atoms with van der Waals surface area (Å²) in [4.78, 5) is 12.3. The van der Waals surface area contributed by atoms with E-state index in [-0.39, 0.29) is 12.5 Å². The zero-order valence-electron chi connectivity index (χ0n) is 17.7. The first-order valence-corrected chi connectivity index (χ1v) is 11.1. The summed E-state index contributed by atoms with van der Waals surface area (Å²) in [5.41, 5.74) is 3.42. The lowest BCUT2D eigenvalue weighted by molar-refractivity contribution is -0.118. The molecule has 0 saturated carbocycles. The zero-order valence-corrected chi connectivity index (χ0v) is 19.9. The van der Waals surface area contributed by atoms with Gasteiger partial charge in [0.25, 0.3) is 5.91 Å². The average molecular weight is 494 g/mol. The molecule has 32 heavy (non-hydrogen) atoms. The van der Waals surface area contributed by atoms with Gasteiger partial charge in [-0.3, -0.25) is 4.79 Å². The van der Waals surface area contributed by atoms with E-state index in [0.717, 1.165) is 16.8 Å². The number of carbonyl (C=O) groups is 1. The van der Waals surface area contributed by atoms with Gasteiger partial charge in [0, 0.05) is 17.3 Å². The van der Waals surface area contributed by atoms with E-state index in [1.165, 1.54) is 0 Å². The Hall–Kier alpha value is -2.60. The molecule has 0 aliphatic rings. The molecule has 0 saturated heterocycles. The van der Waals surface area contributed by atoms with Crippen molar-refractivity contribution in [2.75, 3.05) is 23.8 Å². The van der Waals surface area contributed by atoms with Crippen LogP contribution >= 0.6 is 34.8 Å². The van der Waals surface area contributed by atoms with Gasteiger partial charge in [0.15, 0.2) is 18.1 Å². The largest absolute Gasteiger partial charge is 0.490 e. The van der Waals surface area contributed by atoms with Crippen molar-refractivity contribution in [3.05, 3.63) is 80.8 Å². The van der Waals surface area contributed by atoms with Gasteiger partial charge in [0.2, 0.25) is 0 Å². The van der Waals surface area contributed by atoms with Gasteiger partial charge in [-0.15, -0.1) is 0 Å². The van der Waals surface area contributed by atoms with Crippen molar-refractivity contribution in [3.63, 3.8) is 0 Å². The highest BCUT2D eigenvalue weighted by Crippen LogP contribution is 2.37. The number of benzene rings is 3. The Morgan fingerprint density at radius 3 is 2.38 bits per heavy atom. The molecule has 168 valence electrons. The van der Waals surface area contributed by atoms with E-state index in [9.17, 15) is 4.79 Å². The minimum atomic E-state index is -0.296. The minimum Gasteiger partial charge on any atom is -0.490 e. The summed E-state index contributed by atoms with van der Waals surface area (Å²) < 4.78 is 11.4. The molecule has 8 heteroatoms. The maximum absolute atomic E-state index is 12.3. The highest BCUT2D eigenvalue weighted by atomic mass is 35.5. The van der Waals surface area contributed by atoms with Crippen molar-refractivity contribution < 1.29 is 14.3 Å². The SMILES string of the molecule is CCOc1cc(CNc2ccc(Cl)cc2Cl)cc(Cl)c1OCC(=O)Nc1ccc(C)cc1. The topological polar surface area (TPSA) is 59.6 Å². The second-order valence-electron chi connectivity index (χ2n) is 7.02. The van der Waals surface area contributed by atoms with Gasteiger partial charge in [-0.2, -0.15) is 0 Å². The fraction of sp³-hybridized carbons (Fsp3) is 0.208. The summed E-state index contributed by atoms with van der Waals surface area (Å²) in [5, 5.41) is 7.47. The Kier molecular flexibility index (Phi) is 8.51. The van der Waals surface area contributed by atoms with E-state index in [4.69, 9.17) is 44.3 Å². The van der Waals surface area contributed by atoms with Crippen molar-refractivity contribution >= 4 is 52.1 Å². The van der Waals surface area contributed by atoms with Crippen LogP contribution in [0.15, 0.2) is 54.6 Å². The van der Waals surface area contributed by atoms with Crippen LogP contribution in [0.4, 0.5) is 11.4 Å². The van der Waals surface area contributed by atoms with Crippen LogP contribution in [-0.4, -0.2) is 19.1 Å². The summed E-state index contributed by atoms with van der Waals surface area (Å²) in [7, 11) is 0. The van der Waals surface area contributed by atoms with Crippen LogP contribution in [0.2, 0.25) is 15.1 Å². The van der Waals surface area contributed by atoms with Crippen molar-refractivity contribution in [2.45, 2.75) is 20.4 Å². The molecule has 0 bridgehead atoms. The predicted molar refractivity (Wildman–Crippen MR) is 132 cm³/mol. The third-order valence-electron chi connectivity index (χ3n) is 4.47. The van der Waals surface area contributed by atoms with Crippen LogP contribution in [0.25, 0.3) is 0 Å². The summed E-state index contributed by atoms with van der Waals surface area (Å²) in [5.74, 6) is 0.485. The number of ether oxygens (including phenoxy) is 2. The van der Waals surface area contributed by atoms with E-state index in [1.807, 2.05) is 44.2 Å². The molecule has 1 amide bonds. The number of anilines is 2. The summed E-state index contributed by atoms with van der Waals surface area (Å²) >= 11 is 18.6. The van der Waals surface area contributed by atoms with E-state index in [1.54, 1.807) is 24.3 Å². The normalized spacial score (nSPS) is 10.5. The van der Waals surface area contributed by atoms with Gasteiger partial charge in [0.1, 0.15) is 0 Å². The lowest BCUT2D eigenvalue weighted by atomic mass is 10.2. The van der Waals surface area contributed by atoms with Crippen LogP contribution in [0.5, 0.6) is 11.5 Å². The molecule has 5 nitrogen and oxygen atoms in total. The summed E-state index contributed by atoms with van der Waals surface area (Å²) in [6.45, 7) is 4.51. The molecule has 0 radical (unpaired) electrons. The minimum absolute atomic E-state index is 0.203.